The number of halogens is 3. The number of ether oxygens (including phenoxy) is 1. The van der Waals surface area contributed by atoms with Crippen molar-refractivity contribution in [3.63, 3.8) is 0 Å². The minimum atomic E-state index is -4.47. The largest absolute Gasteiger partial charge is 0.481 e. The molecule has 0 fully saturated rings. The maximum absolute atomic E-state index is 12.4. The fraction of sp³-hybridized carbons (Fsp3) is 0.182. The molecule has 2 aromatic rings. The van der Waals surface area contributed by atoms with Gasteiger partial charge in [0.15, 0.2) is 0 Å². The van der Waals surface area contributed by atoms with Gasteiger partial charge < -0.3 is 15.8 Å². The third-order valence-corrected chi connectivity index (χ3v) is 2.26. The average molecular weight is 285 g/mol. The fourth-order valence-electron chi connectivity index (χ4n) is 1.39. The molecule has 3 N–H and O–H groups in total. The molecule has 0 saturated heterocycles. The Morgan fingerprint density at radius 3 is 2.55 bits per heavy atom. The summed E-state index contributed by atoms with van der Waals surface area (Å²) in [5.41, 5.74) is 4.83. The molecule has 0 aliphatic rings. The maximum Gasteiger partial charge on any atom is 0.433 e. The molecule has 0 amide bonds. The number of methoxy groups -OCH3 is 1. The highest BCUT2D eigenvalue weighted by atomic mass is 19.4. The van der Waals surface area contributed by atoms with Gasteiger partial charge in [0.05, 0.1) is 19.0 Å². The Hall–Kier alpha value is -2.58. The number of nitrogen functional groups attached to an aromatic ring is 1. The van der Waals surface area contributed by atoms with Gasteiger partial charge in [0.25, 0.3) is 0 Å². The molecular formula is C11H10F3N5O. The third-order valence-electron chi connectivity index (χ3n) is 2.26. The molecule has 0 aliphatic heterocycles. The summed E-state index contributed by atoms with van der Waals surface area (Å²) < 4.78 is 42.0. The molecule has 9 heteroatoms. The average Bonchev–Trinajstić information content (AvgIpc) is 2.37. The van der Waals surface area contributed by atoms with Crippen LogP contribution in [0.2, 0.25) is 0 Å². The summed E-state index contributed by atoms with van der Waals surface area (Å²) in [5.74, 6) is 0.502. The minimum Gasteiger partial charge on any atom is -0.481 e. The molecule has 0 spiro atoms. The second kappa shape index (κ2) is 5.19. The zero-order valence-electron chi connectivity index (χ0n) is 10.3. The smallest absolute Gasteiger partial charge is 0.433 e. The molecule has 2 rings (SSSR count). The summed E-state index contributed by atoms with van der Waals surface area (Å²) in [6.07, 6.45) is -3.42. The topological polar surface area (TPSA) is 86.0 Å². The SMILES string of the molecule is COc1cc(Nc2ccc(C(F)(F)F)nc2)nc(N)n1. The number of pyridine rings is 1. The Bertz CT molecular complexity index is 600. The van der Waals surface area contributed by atoms with Crippen molar-refractivity contribution in [1.29, 1.82) is 0 Å². The van der Waals surface area contributed by atoms with Crippen LogP contribution in [0.4, 0.5) is 30.6 Å². The van der Waals surface area contributed by atoms with Gasteiger partial charge in [-0.25, -0.2) is 4.98 Å². The Kier molecular flexibility index (Phi) is 3.59. The normalized spacial score (nSPS) is 11.2. The zero-order valence-corrected chi connectivity index (χ0v) is 10.3. The van der Waals surface area contributed by atoms with Crippen molar-refractivity contribution in [1.82, 2.24) is 15.0 Å². The Labute approximate surface area is 111 Å². The second-order valence-electron chi connectivity index (χ2n) is 3.71. The molecule has 0 bridgehead atoms. The predicted octanol–water partition coefficient (Wildman–Crippen LogP) is 2.22. The number of nitrogens with one attached hydrogen (secondary N) is 1. The fourth-order valence-corrected chi connectivity index (χ4v) is 1.39. The molecule has 20 heavy (non-hydrogen) atoms. The number of hydrogen-bond donors (Lipinski definition) is 2. The number of nitrogens with zero attached hydrogens (tertiary/aromatic N) is 3. The van der Waals surface area contributed by atoms with Crippen molar-refractivity contribution in [3.05, 3.63) is 30.1 Å². The van der Waals surface area contributed by atoms with E-state index in [1.165, 1.54) is 19.2 Å². The molecule has 0 atom stereocenters. The number of rotatable bonds is 3. The molecule has 106 valence electrons. The summed E-state index contributed by atoms with van der Waals surface area (Å²) >= 11 is 0. The van der Waals surface area contributed by atoms with E-state index in [-0.39, 0.29) is 17.6 Å². The molecule has 0 aliphatic carbocycles. The highest BCUT2D eigenvalue weighted by molar-refractivity contribution is 5.57. The van der Waals surface area contributed by atoms with Gasteiger partial charge in [-0.15, -0.1) is 0 Å². The van der Waals surface area contributed by atoms with Crippen molar-refractivity contribution in [3.8, 4) is 5.88 Å². The van der Waals surface area contributed by atoms with Crippen LogP contribution >= 0.6 is 0 Å². The molecule has 2 aromatic heterocycles. The van der Waals surface area contributed by atoms with Gasteiger partial charge in [-0.2, -0.15) is 23.1 Å². The van der Waals surface area contributed by atoms with Gasteiger partial charge in [0.2, 0.25) is 11.8 Å². The first-order chi connectivity index (χ1) is 9.38. The van der Waals surface area contributed by atoms with Crippen LogP contribution in [-0.2, 0) is 6.18 Å². The zero-order chi connectivity index (χ0) is 14.8. The molecule has 0 aromatic carbocycles. The van der Waals surface area contributed by atoms with Crippen LogP contribution in [0.15, 0.2) is 24.4 Å². The van der Waals surface area contributed by atoms with Gasteiger partial charge in [-0.3, -0.25) is 0 Å². The van der Waals surface area contributed by atoms with Crippen LogP contribution in [-0.4, -0.2) is 22.1 Å². The van der Waals surface area contributed by atoms with Crippen LogP contribution in [0, 0.1) is 0 Å². The molecule has 0 radical (unpaired) electrons. The maximum atomic E-state index is 12.4. The van der Waals surface area contributed by atoms with Crippen LogP contribution in [0.25, 0.3) is 0 Å². The first kappa shape index (κ1) is 13.8. The van der Waals surface area contributed by atoms with Gasteiger partial charge >= 0.3 is 6.18 Å². The molecule has 0 saturated carbocycles. The monoisotopic (exact) mass is 285 g/mol. The minimum absolute atomic E-state index is 0.0216. The molecule has 6 nitrogen and oxygen atoms in total. The van der Waals surface area contributed by atoms with E-state index < -0.39 is 11.9 Å². The van der Waals surface area contributed by atoms with Crippen molar-refractivity contribution < 1.29 is 17.9 Å². The van der Waals surface area contributed by atoms with E-state index in [1.807, 2.05) is 0 Å². The van der Waals surface area contributed by atoms with E-state index in [0.717, 1.165) is 12.3 Å². The summed E-state index contributed by atoms with van der Waals surface area (Å²) in [4.78, 5) is 11.0. The second-order valence-corrected chi connectivity index (χ2v) is 3.71. The van der Waals surface area contributed by atoms with Crippen LogP contribution in [0.1, 0.15) is 5.69 Å². The van der Waals surface area contributed by atoms with Gasteiger partial charge in [-0.1, -0.05) is 0 Å². The van der Waals surface area contributed by atoms with Crippen molar-refractivity contribution >= 4 is 17.5 Å². The summed E-state index contributed by atoms with van der Waals surface area (Å²) in [7, 11) is 1.41. The van der Waals surface area contributed by atoms with Gasteiger partial charge in [0.1, 0.15) is 11.5 Å². The summed E-state index contributed by atoms with van der Waals surface area (Å²) in [5, 5.41) is 2.76. The lowest BCUT2D eigenvalue weighted by Crippen LogP contribution is -2.08. The number of aromatic nitrogens is 3. The summed E-state index contributed by atoms with van der Waals surface area (Å²) in [6, 6.07) is 3.55. The van der Waals surface area contributed by atoms with E-state index in [1.54, 1.807) is 0 Å². The Balaban J connectivity index is 2.20. The number of alkyl halides is 3. The first-order valence-corrected chi connectivity index (χ1v) is 5.37. The number of nitrogens with two attached hydrogens (primary N) is 1. The highest BCUT2D eigenvalue weighted by Crippen LogP contribution is 2.28. The molecular weight excluding hydrogens is 275 g/mol. The molecule has 0 unspecified atom stereocenters. The standard InChI is InChI=1S/C11H10F3N5O/c1-20-9-4-8(18-10(15)19-9)17-6-2-3-7(16-5-6)11(12,13)14/h2-5H,1H3,(H3,15,17,18,19). The van der Waals surface area contributed by atoms with Gasteiger partial charge in [0, 0.05) is 6.07 Å². The Morgan fingerprint density at radius 1 is 1.25 bits per heavy atom. The Morgan fingerprint density at radius 2 is 2.00 bits per heavy atom. The quantitative estimate of drug-likeness (QED) is 0.899. The number of anilines is 3. The van der Waals surface area contributed by atoms with Crippen LogP contribution < -0.4 is 15.8 Å². The summed E-state index contributed by atoms with van der Waals surface area (Å²) in [6.45, 7) is 0. The van der Waals surface area contributed by atoms with E-state index in [4.69, 9.17) is 10.5 Å². The van der Waals surface area contributed by atoms with Crippen molar-refractivity contribution in [2.45, 2.75) is 6.18 Å². The van der Waals surface area contributed by atoms with E-state index in [0.29, 0.717) is 5.69 Å². The third kappa shape index (κ3) is 3.25. The first-order valence-electron chi connectivity index (χ1n) is 5.37. The van der Waals surface area contributed by atoms with Crippen LogP contribution in [0.3, 0.4) is 0 Å². The van der Waals surface area contributed by atoms with E-state index in [9.17, 15) is 13.2 Å². The van der Waals surface area contributed by atoms with E-state index in [2.05, 4.69) is 20.3 Å². The lowest BCUT2D eigenvalue weighted by atomic mass is 10.3. The number of hydrogen-bond acceptors (Lipinski definition) is 6. The van der Waals surface area contributed by atoms with Gasteiger partial charge in [-0.05, 0) is 12.1 Å². The van der Waals surface area contributed by atoms with Crippen LogP contribution in [0.5, 0.6) is 5.88 Å². The predicted molar refractivity (Wildman–Crippen MR) is 65.5 cm³/mol. The molecule has 2 heterocycles. The lowest BCUT2D eigenvalue weighted by molar-refractivity contribution is -0.141. The lowest BCUT2D eigenvalue weighted by Gasteiger charge is -2.09. The van der Waals surface area contributed by atoms with Crippen molar-refractivity contribution in [2.24, 2.45) is 0 Å². The highest BCUT2D eigenvalue weighted by Gasteiger charge is 2.32. The van der Waals surface area contributed by atoms with Crippen molar-refractivity contribution in [2.75, 3.05) is 18.2 Å². The van der Waals surface area contributed by atoms with E-state index >= 15 is 0 Å².